The van der Waals surface area contributed by atoms with Crippen LogP contribution in [0.3, 0.4) is 0 Å². The Morgan fingerprint density at radius 2 is 1.55 bits per heavy atom. The van der Waals surface area contributed by atoms with Crippen LogP contribution in [-0.2, 0) is 14.8 Å². The zero-order chi connectivity index (χ0) is 23.3. The number of benzene rings is 3. The van der Waals surface area contributed by atoms with Crippen LogP contribution in [-0.4, -0.2) is 38.8 Å². The van der Waals surface area contributed by atoms with Crippen molar-refractivity contribution in [3.05, 3.63) is 78.9 Å². The largest absolute Gasteiger partial charge is 0.497 e. The number of nitrogens with zero attached hydrogens (tertiary/aromatic N) is 1. The highest BCUT2D eigenvalue weighted by molar-refractivity contribution is 7.89. The predicted octanol–water partition coefficient (Wildman–Crippen LogP) is 4.53. The molecule has 1 saturated heterocycles. The predicted molar refractivity (Wildman–Crippen MR) is 126 cm³/mol. The maximum atomic E-state index is 13.0. The van der Waals surface area contributed by atoms with Crippen molar-refractivity contribution in [3.8, 4) is 17.2 Å². The van der Waals surface area contributed by atoms with E-state index < -0.39 is 15.9 Å². The summed E-state index contributed by atoms with van der Waals surface area (Å²) < 4.78 is 38.3. The molecule has 0 aromatic heterocycles. The van der Waals surface area contributed by atoms with Crippen LogP contribution in [0.5, 0.6) is 17.2 Å². The van der Waals surface area contributed by atoms with E-state index in [1.54, 1.807) is 36.4 Å². The van der Waals surface area contributed by atoms with E-state index in [2.05, 4.69) is 5.32 Å². The molecule has 33 heavy (non-hydrogen) atoms. The Labute approximate surface area is 194 Å². The number of anilines is 1. The number of piperidine rings is 1. The highest BCUT2D eigenvalue weighted by atomic mass is 32.2. The smallest absolute Gasteiger partial charge is 0.243 e. The fraction of sp³-hybridized carbons (Fsp3) is 0.240. The highest BCUT2D eigenvalue weighted by Crippen LogP contribution is 2.27. The monoisotopic (exact) mass is 466 g/mol. The molecule has 0 unspecified atom stereocenters. The summed E-state index contributed by atoms with van der Waals surface area (Å²) in [6.45, 7) is 0.541. The summed E-state index contributed by atoms with van der Waals surface area (Å²) in [5.41, 5.74) is 0.635. The summed E-state index contributed by atoms with van der Waals surface area (Å²) in [4.78, 5) is 13.0. The normalized spacial score (nSPS) is 16.7. The molecular weight excluding hydrogens is 440 g/mol. The van der Waals surface area contributed by atoms with Gasteiger partial charge in [0.25, 0.3) is 0 Å². The number of ether oxygens (including phenoxy) is 2. The van der Waals surface area contributed by atoms with E-state index in [1.165, 1.54) is 23.5 Å². The third-order valence-electron chi connectivity index (χ3n) is 5.55. The Hall–Kier alpha value is -3.36. The van der Waals surface area contributed by atoms with E-state index in [4.69, 9.17) is 9.47 Å². The molecule has 1 fully saturated rings. The average Bonchev–Trinajstić information content (AvgIpc) is 2.86. The maximum absolute atomic E-state index is 13.0. The molecule has 0 bridgehead atoms. The first-order valence-electron chi connectivity index (χ1n) is 10.7. The molecule has 8 heteroatoms. The number of carbonyl (C=O) groups excluding carboxylic acids is 1. The van der Waals surface area contributed by atoms with Crippen LogP contribution < -0.4 is 14.8 Å². The number of rotatable bonds is 7. The Morgan fingerprint density at radius 1 is 0.909 bits per heavy atom. The van der Waals surface area contributed by atoms with Gasteiger partial charge >= 0.3 is 0 Å². The van der Waals surface area contributed by atoms with Gasteiger partial charge < -0.3 is 14.8 Å². The Balaban J connectivity index is 1.38. The molecule has 0 spiro atoms. The maximum Gasteiger partial charge on any atom is 0.243 e. The molecule has 1 aliphatic heterocycles. The average molecular weight is 467 g/mol. The van der Waals surface area contributed by atoms with Gasteiger partial charge in [-0.05, 0) is 73.5 Å². The first-order valence-corrected chi connectivity index (χ1v) is 12.2. The van der Waals surface area contributed by atoms with Gasteiger partial charge in [0.2, 0.25) is 15.9 Å². The molecule has 172 valence electrons. The summed E-state index contributed by atoms with van der Waals surface area (Å²) in [5, 5.41) is 2.90. The van der Waals surface area contributed by atoms with Crippen LogP contribution in [0.2, 0.25) is 0 Å². The minimum absolute atomic E-state index is 0.148. The Morgan fingerprint density at radius 3 is 2.21 bits per heavy atom. The van der Waals surface area contributed by atoms with Crippen LogP contribution in [0.4, 0.5) is 5.69 Å². The second-order valence-electron chi connectivity index (χ2n) is 7.81. The van der Waals surface area contributed by atoms with Gasteiger partial charge in [-0.2, -0.15) is 4.31 Å². The Bertz CT molecular complexity index is 1180. The highest BCUT2D eigenvalue weighted by Gasteiger charge is 2.33. The van der Waals surface area contributed by atoms with Crippen LogP contribution >= 0.6 is 0 Å². The fourth-order valence-corrected chi connectivity index (χ4v) is 5.27. The molecule has 1 N–H and O–H groups in total. The third-order valence-corrected chi connectivity index (χ3v) is 7.43. The summed E-state index contributed by atoms with van der Waals surface area (Å²) in [7, 11) is -2.15. The number of hydrogen-bond donors (Lipinski definition) is 1. The van der Waals surface area contributed by atoms with Gasteiger partial charge in [0.1, 0.15) is 17.2 Å². The molecule has 1 atom stereocenters. The summed E-state index contributed by atoms with van der Waals surface area (Å²) >= 11 is 0. The van der Waals surface area contributed by atoms with Crippen LogP contribution in [0, 0.1) is 5.92 Å². The van der Waals surface area contributed by atoms with Crippen LogP contribution in [0.25, 0.3) is 0 Å². The van der Waals surface area contributed by atoms with Gasteiger partial charge in [0.15, 0.2) is 0 Å². The van der Waals surface area contributed by atoms with Gasteiger partial charge in [-0.1, -0.05) is 18.2 Å². The van der Waals surface area contributed by atoms with Gasteiger partial charge in [0, 0.05) is 18.8 Å². The lowest BCUT2D eigenvalue weighted by Crippen LogP contribution is -2.43. The van der Waals surface area contributed by atoms with E-state index >= 15 is 0 Å². The number of sulfonamides is 1. The van der Waals surface area contributed by atoms with Crippen LogP contribution in [0.1, 0.15) is 12.8 Å². The van der Waals surface area contributed by atoms with Crippen molar-refractivity contribution in [2.24, 2.45) is 5.92 Å². The van der Waals surface area contributed by atoms with Crippen molar-refractivity contribution in [2.45, 2.75) is 17.7 Å². The molecule has 3 aromatic carbocycles. The molecule has 4 rings (SSSR count). The lowest BCUT2D eigenvalue weighted by molar-refractivity contribution is -0.120. The zero-order valence-electron chi connectivity index (χ0n) is 18.3. The molecule has 1 amide bonds. The van der Waals surface area contributed by atoms with E-state index in [0.29, 0.717) is 36.6 Å². The van der Waals surface area contributed by atoms with Crippen molar-refractivity contribution < 1.29 is 22.7 Å². The van der Waals surface area contributed by atoms with E-state index in [-0.39, 0.29) is 17.3 Å². The number of carbonyl (C=O) groups is 1. The fourth-order valence-electron chi connectivity index (χ4n) is 3.75. The standard InChI is InChI=1S/C25H26N2O5S/c1-31-21-13-15-24(16-14-21)33(29,30)27-17-5-6-19(18-27)25(28)26-20-9-11-23(12-10-20)32-22-7-3-2-4-8-22/h2-4,7-16,19H,5-6,17-18H2,1H3,(H,26,28)/t19-/m0/s1. The lowest BCUT2D eigenvalue weighted by atomic mass is 9.99. The van der Waals surface area contributed by atoms with Crippen LogP contribution in [0.15, 0.2) is 83.8 Å². The summed E-state index contributed by atoms with van der Waals surface area (Å²) in [6.07, 6.45) is 1.26. The van der Waals surface area contributed by atoms with Gasteiger partial charge in [0.05, 0.1) is 17.9 Å². The molecule has 0 saturated carbocycles. The second kappa shape index (κ2) is 10.1. The van der Waals surface area contributed by atoms with Crippen molar-refractivity contribution in [1.29, 1.82) is 0 Å². The molecule has 1 aliphatic rings. The van der Waals surface area contributed by atoms with Crippen molar-refractivity contribution in [1.82, 2.24) is 4.31 Å². The van der Waals surface area contributed by atoms with Gasteiger partial charge in [-0.25, -0.2) is 8.42 Å². The van der Waals surface area contributed by atoms with Gasteiger partial charge in [-0.15, -0.1) is 0 Å². The van der Waals surface area contributed by atoms with E-state index in [9.17, 15) is 13.2 Å². The Kier molecular flexibility index (Phi) is 6.96. The number of hydrogen-bond acceptors (Lipinski definition) is 5. The summed E-state index contributed by atoms with van der Waals surface area (Å²) in [6, 6.07) is 22.8. The number of methoxy groups -OCH3 is 1. The number of amides is 1. The van der Waals surface area contributed by atoms with E-state index in [0.717, 1.165) is 5.75 Å². The first-order chi connectivity index (χ1) is 16.0. The number of nitrogens with one attached hydrogen (secondary N) is 1. The molecule has 1 heterocycles. The molecular formula is C25H26N2O5S. The SMILES string of the molecule is COc1ccc(S(=O)(=O)N2CCC[C@H](C(=O)Nc3ccc(Oc4ccccc4)cc3)C2)cc1. The zero-order valence-corrected chi connectivity index (χ0v) is 19.1. The van der Waals surface area contributed by atoms with Crippen molar-refractivity contribution in [2.75, 3.05) is 25.5 Å². The molecule has 0 aliphatic carbocycles. The van der Waals surface area contributed by atoms with Gasteiger partial charge in [-0.3, -0.25) is 4.79 Å². The number of para-hydroxylation sites is 1. The van der Waals surface area contributed by atoms with E-state index in [1.807, 2.05) is 30.3 Å². The molecule has 0 radical (unpaired) electrons. The lowest BCUT2D eigenvalue weighted by Gasteiger charge is -2.31. The molecule has 7 nitrogen and oxygen atoms in total. The summed E-state index contributed by atoms with van der Waals surface area (Å²) in [5.74, 6) is 1.36. The quantitative estimate of drug-likeness (QED) is 0.553. The van der Waals surface area contributed by atoms with Crippen molar-refractivity contribution >= 4 is 21.6 Å². The second-order valence-corrected chi connectivity index (χ2v) is 9.74. The third kappa shape index (κ3) is 5.53. The molecule has 3 aromatic rings. The first kappa shape index (κ1) is 22.8. The topological polar surface area (TPSA) is 84.9 Å². The minimum Gasteiger partial charge on any atom is -0.497 e. The minimum atomic E-state index is -3.68. The van der Waals surface area contributed by atoms with Crippen molar-refractivity contribution in [3.63, 3.8) is 0 Å².